The number of carbonyl (C=O) groups excluding carboxylic acids is 2. The third-order valence-electron chi connectivity index (χ3n) is 2.29. The van der Waals surface area contributed by atoms with E-state index in [4.69, 9.17) is 5.73 Å². The van der Waals surface area contributed by atoms with Crippen LogP contribution < -0.4 is 11.1 Å². The highest BCUT2D eigenvalue weighted by atomic mass is 16.2. The molecule has 0 fully saturated rings. The predicted octanol–water partition coefficient (Wildman–Crippen LogP) is 1.11. The first-order valence-corrected chi connectivity index (χ1v) is 5.74. The van der Waals surface area contributed by atoms with E-state index in [1.54, 1.807) is 32.3 Å². The Balaban J connectivity index is 3.08. The number of amides is 2. The molecule has 1 aromatic rings. The van der Waals surface area contributed by atoms with Crippen LogP contribution in [0.15, 0.2) is 18.2 Å². The van der Waals surface area contributed by atoms with E-state index in [1.165, 1.54) is 4.90 Å². The van der Waals surface area contributed by atoms with E-state index in [1.807, 2.05) is 13.8 Å². The van der Waals surface area contributed by atoms with Crippen molar-refractivity contribution in [2.24, 2.45) is 0 Å². The van der Waals surface area contributed by atoms with Gasteiger partial charge in [-0.15, -0.1) is 0 Å². The molecule has 3 N–H and O–H groups in total. The lowest BCUT2D eigenvalue weighted by molar-refractivity contribution is 0.0827. The zero-order chi connectivity index (χ0) is 13.9. The Labute approximate surface area is 107 Å². The normalized spacial score (nSPS) is 10.3. The Morgan fingerprint density at radius 3 is 2.22 bits per heavy atom. The average Bonchev–Trinajstić information content (AvgIpc) is 2.26. The molecule has 0 aromatic heterocycles. The lowest BCUT2D eigenvalue weighted by Gasteiger charge is -2.13. The number of carbonyl (C=O) groups is 2. The lowest BCUT2D eigenvalue weighted by Crippen LogP contribution is -2.30. The molecule has 0 radical (unpaired) electrons. The van der Waals surface area contributed by atoms with Crippen molar-refractivity contribution in [2.75, 3.05) is 19.8 Å². The van der Waals surface area contributed by atoms with Crippen molar-refractivity contribution in [2.45, 2.75) is 19.9 Å². The molecule has 0 aliphatic carbocycles. The number of anilines is 1. The molecular formula is C13H19N3O2. The van der Waals surface area contributed by atoms with Crippen molar-refractivity contribution in [3.05, 3.63) is 29.3 Å². The van der Waals surface area contributed by atoms with Crippen LogP contribution in [0.5, 0.6) is 0 Å². The van der Waals surface area contributed by atoms with Gasteiger partial charge in [0.05, 0.1) is 0 Å². The van der Waals surface area contributed by atoms with Crippen LogP contribution in [-0.2, 0) is 0 Å². The molecule has 5 nitrogen and oxygen atoms in total. The molecule has 0 aliphatic heterocycles. The van der Waals surface area contributed by atoms with Gasteiger partial charge in [-0.05, 0) is 32.0 Å². The standard InChI is InChI=1S/C13H19N3O2/c1-8(2)15-12(17)9-5-10(7-11(14)6-9)13(18)16(3)4/h5-8H,14H2,1-4H3,(H,15,17). The first kappa shape index (κ1) is 14.0. The van der Waals surface area contributed by atoms with Gasteiger partial charge >= 0.3 is 0 Å². The van der Waals surface area contributed by atoms with Crippen LogP contribution in [0.25, 0.3) is 0 Å². The number of nitrogen functional groups attached to an aromatic ring is 1. The number of hydrogen-bond acceptors (Lipinski definition) is 3. The second kappa shape index (κ2) is 5.53. The highest BCUT2D eigenvalue weighted by Crippen LogP contribution is 2.13. The van der Waals surface area contributed by atoms with Gasteiger partial charge in [0.2, 0.25) is 0 Å². The second-order valence-corrected chi connectivity index (χ2v) is 4.67. The first-order chi connectivity index (χ1) is 8.31. The van der Waals surface area contributed by atoms with Crippen molar-refractivity contribution in [1.29, 1.82) is 0 Å². The average molecular weight is 249 g/mol. The fourth-order valence-corrected chi connectivity index (χ4v) is 1.51. The molecule has 0 unspecified atom stereocenters. The third kappa shape index (κ3) is 3.48. The fourth-order valence-electron chi connectivity index (χ4n) is 1.51. The molecule has 0 bridgehead atoms. The third-order valence-corrected chi connectivity index (χ3v) is 2.29. The molecule has 18 heavy (non-hydrogen) atoms. The Morgan fingerprint density at radius 1 is 1.17 bits per heavy atom. The molecule has 1 rings (SSSR count). The largest absolute Gasteiger partial charge is 0.399 e. The Hall–Kier alpha value is -2.04. The number of nitrogens with two attached hydrogens (primary N) is 1. The van der Waals surface area contributed by atoms with Gasteiger partial charge < -0.3 is 16.0 Å². The summed E-state index contributed by atoms with van der Waals surface area (Å²) in [5.74, 6) is -0.411. The van der Waals surface area contributed by atoms with Gasteiger partial charge in [0.15, 0.2) is 0 Å². The van der Waals surface area contributed by atoms with E-state index in [0.717, 1.165) is 0 Å². The van der Waals surface area contributed by atoms with Crippen molar-refractivity contribution < 1.29 is 9.59 Å². The van der Waals surface area contributed by atoms with Gasteiger partial charge in [-0.2, -0.15) is 0 Å². The quantitative estimate of drug-likeness (QED) is 0.788. The fraction of sp³-hybridized carbons (Fsp3) is 0.385. The number of hydrogen-bond donors (Lipinski definition) is 2. The molecule has 0 saturated heterocycles. The molecule has 98 valence electrons. The van der Waals surface area contributed by atoms with Crippen molar-refractivity contribution in [3.63, 3.8) is 0 Å². The molecule has 0 saturated carbocycles. The lowest BCUT2D eigenvalue weighted by atomic mass is 10.1. The highest BCUT2D eigenvalue weighted by molar-refractivity contribution is 6.00. The zero-order valence-electron chi connectivity index (χ0n) is 11.2. The van der Waals surface area contributed by atoms with Crippen LogP contribution in [0, 0.1) is 0 Å². The van der Waals surface area contributed by atoms with Crippen LogP contribution in [-0.4, -0.2) is 36.9 Å². The number of nitrogens with zero attached hydrogens (tertiary/aromatic N) is 1. The van der Waals surface area contributed by atoms with Gasteiger partial charge in [-0.1, -0.05) is 0 Å². The number of nitrogens with one attached hydrogen (secondary N) is 1. The minimum atomic E-state index is -0.231. The summed E-state index contributed by atoms with van der Waals surface area (Å²) in [6.45, 7) is 3.74. The maximum absolute atomic E-state index is 11.9. The van der Waals surface area contributed by atoms with E-state index in [0.29, 0.717) is 16.8 Å². The van der Waals surface area contributed by atoms with Crippen molar-refractivity contribution >= 4 is 17.5 Å². The second-order valence-electron chi connectivity index (χ2n) is 4.67. The number of benzene rings is 1. The van der Waals surface area contributed by atoms with Gasteiger partial charge in [-0.25, -0.2) is 0 Å². The molecule has 0 atom stereocenters. The summed E-state index contributed by atoms with van der Waals surface area (Å²) in [4.78, 5) is 25.1. The summed E-state index contributed by atoms with van der Waals surface area (Å²) in [5, 5.41) is 2.76. The van der Waals surface area contributed by atoms with E-state index in [-0.39, 0.29) is 17.9 Å². The summed E-state index contributed by atoms with van der Waals surface area (Å²) in [5.41, 5.74) is 6.92. The van der Waals surface area contributed by atoms with Crippen molar-refractivity contribution in [3.8, 4) is 0 Å². The van der Waals surface area contributed by atoms with Gasteiger partial charge in [0.1, 0.15) is 0 Å². The number of rotatable bonds is 3. The van der Waals surface area contributed by atoms with Crippen LogP contribution in [0.4, 0.5) is 5.69 Å². The smallest absolute Gasteiger partial charge is 0.253 e. The molecule has 1 aromatic carbocycles. The zero-order valence-corrected chi connectivity index (χ0v) is 11.2. The minimum absolute atomic E-state index is 0.0342. The molecule has 0 heterocycles. The molecule has 5 heteroatoms. The predicted molar refractivity (Wildman–Crippen MR) is 71.5 cm³/mol. The topological polar surface area (TPSA) is 75.4 Å². The van der Waals surface area contributed by atoms with Gasteiger partial charge in [0, 0.05) is 37.0 Å². The Kier molecular flexibility index (Phi) is 4.31. The summed E-state index contributed by atoms with van der Waals surface area (Å²) in [6, 6.07) is 4.71. The maximum Gasteiger partial charge on any atom is 0.253 e. The van der Waals surface area contributed by atoms with Crippen molar-refractivity contribution in [1.82, 2.24) is 10.2 Å². The van der Waals surface area contributed by atoms with E-state index in [2.05, 4.69) is 5.32 Å². The molecule has 0 aliphatic rings. The molecular weight excluding hydrogens is 230 g/mol. The molecule has 0 spiro atoms. The van der Waals surface area contributed by atoms with Crippen LogP contribution >= 0.6 is 0 Å². The van der Waals surface area contributed by atoms with Gasteiger partial charge in [0.25, 0.3) is 11.8 Å². The van der Waals surface area contributed by atoms with Crippen LogP contribution in [0.2, 0.25) is 0 Å². The summed E-state index contributed by atoms with van der Waals surface area (Å²) >= 11 is 0. The Morgan fingerprint density at radius 2 is 1.72 bits per heavy atom. The summed E-state index contributed by atoms with van der Waals surface area (Å²) < 4.78 is 0. The Bertz CT molecular complexity index is 467. The maximum atomic E-state index is 11.9. The first-order valence-electron chi connectivity index (χ1n) is 5.74. The highest BCUT2D eigenvalue weighted by Gasteiger charge is 2.13. The van der Waals surface area contributed by atoms with Crippen LogP contribution in [0.1, 0.15) is 34.6 Å². The van der Waals surface area contributed by atoms with E-state index in [9.17, 15) is 9.59 Å². The van der Waals surface area contributed by atoms with E-state index >= 15 is 0 Å². The summed E-state index contributed by atoms with van der Waals surface area (Å²) in [7, 11) is 3.30. The monoisotopic (exact) mass is 249 g/mol. The SMILES string of the molecule is CC(C)NC(=O)c1cc(N)cc(C(=O)N(C)C)c1. The summed E-state index contributed by atoms with van der Waals surface area (Å²) in [6.07, 6.45) is 0. The van der Waals surface area contributed by atoms with Crippen LogP contribution in [0.3, 0.4) is 0 Å². The van der Waals surface area contributed by atoms with Gasteiger partial charge in [-0.3, -0.25) is 9.59 Å². The minimum Gasteiger partial charge on any atom is -0.399 e. The molecule has 2 amide bonds. The van der Waals surface area contributed by atoms with E-state index < -0.39 is 0 Å².